The van der Waals surface area contributed by atoms with Crippen molar-refractivity contribution in [3.05, 3.63) is 21.5 Å². The second kappa shape index (κ2) is 7.78. The number of amides is 1. The third kappa shape index (κ3) is 4.72. The van der Waals surface area contributed by atoms with Crippen molar-refractivity contribution in [2.45, 2.75) is 26.3 Å². The molecule has 0 aliphatic rings. The second-order valence-electron chi connectivity index (χ2n) is 5.04. The van der Waals surface area contributed by atoms with Gasteiger partial charge in [-0.05, 0) is 34.0 Å². The average molecular weight is 319 g/mol. The molecule has 22 heavy (non-hydrogen) atoms. The molecule has 10 heteroatoms. The van der Waals surface area contributed by atoms with E-state index in [0.29, 0.717) is 6.54 Å². The fourth-order valence-corrected chi connectivity index (χ4v) is 1.90. The highest BCUT2D eigenvalue weighted by atomic mass is 19.3. The van der Waals surface area contributed by atoms with Gasteiger partial charge in [-0.1, -0.05) is 0 Å². The maximum atomic E-state index is 12.8. The Morgan fingerprint density at radius 1 is 1.50 bits per heavy atom. The van der Waals surface area contributed by atoms with Gasteiger partial charge in [0.05, 0.1) is 4.92 Å². The fourth-order valence-electron chi connectivity index (χ4n) is 1.90. The summed E-state index contributed by atoms with van der Waals surface area (Å²) < 4.78 is 26.4. The molecule has 0 saturated heterocycles. The molecule has 8 nitrogen and oxygen atoms in total. The van der Waals surface area contributed by atoms with Crippen LogP contribution in [-0.2, 0) is 11.3 Å². The van der Waals surface area contributed by atoms with Crippen LogP contribution >= 0.6 is 0 Å². The normalized spacial score (nSPS) is 11.2. The summed E-state index contributed by atoms with van der Waals surface area (Å²) in [5.41, 5.74) is -1.72. The summed E-state index contributed by atoms with van der Waals surface area (Å²) in [4.78, 5) is 23.6. The fraction of sp³-hybridized carbons (Fsp3) is 0.667. The van der Waals surface area contributed by atoms with Gasteiger partial charge in [0, 0.05) is 6.54 Å². The Hall–Kier alpha value is -2.10. The van der Waals surface area contributed by atoms with Crippen molar-refractivity contribution in [2.75, 3.05) is 27.2 Å². The van der Waals surface area contributed by atoms with E-state index in [-0.39, 0.29) is 12.2 Å². The summed E-state index contributed by atoms with van der Waals surface area (Å²) >= 11 is 0. The zero-order valence-electron chi connectivity index (χ0n) is 12.7. The van der Waals surface area contributed by atoms with Crippen molar-refractivity contribution in [1.29, 1.82) is 0 Å². The lowest BCUT2D eigenvalue weighted by Gasteiger charge is -2.10. The molecule has 0 saturated carbocycles. The van der Waals surface area contributed by atoms with Gasteiger partial charge in [-0.15, -0.1) is 0 Å². The van der Waals surface area contributed by atoms with Crippen molar-refractivity contribution in [2.24, 2.45) is 0 Å². The molecule has 0 spiro atoms. The number of halogens is 2. The number of hydrogen-bond donors (Lipinski definition) is 1. The molecule has 0 radical (unpaired) electrons. The van der Waals surface area contributed by atoms with Gasteiger partial charge in [0.2, 0.25) is 11.6 Å². The average Bonchev–Trinajstić information content (AvgIpc) is 2.72. The summed E-state index contributed by atoms with van der Waals surface area (Å²) in [5, 5.41) is 16.9. The predicted molar refractivity (Wildman–Crippen MR) is 74.8 cm³/mol. The summed E-state index contributed by atoms with van der Waals surface area (Å²) in [6, 6.07) is 0. The van der Waals surface area contributed by atoms with Crippen molar-refractivity contribution < 1.29 is 18.5 Å². The molecule has 0 atom stereocenters. The molecule has 124 valence electrons. The number of aromatic nitrogens is 2. The van der Waals surface area contributed by atoms with Gasteiger partial charge in [0.25, 0.3) is 6.43 Å². The van der Waals surface area contributed by atoms with Crippen LogP contribution in [0, 0.1) is 17.0 Å². The number of nitrogens with zero attached hydrogens (tertiary/aromatic N) is 4. The zero-order valence-corrected chi connectivity index (χ0v) is 12.7. The Morgan fingerprint density at radius 2 is 2.14 bits per heavy atom. The van der Waals surface area contributed by atoms with Gasteiger partial charge in [-0.25, -0.2) is 8.78 Å². The molecule has 0 bridgehead atoms. The highest BCUT2D eigenvalue weighted by molar-refractivity contribution is 5.75. The molecule has 0 unspecified atom stereocenters. The lowest BCUT2D eigenvalue weighted by molar-refractivity contribution is -0.386. The molecule has 0 aliphatic carbocycles. The van der Waals surface area contributed by atoms with Gasteiger partial charge in [0.1, 0.15) is 12.2 Å². The standard InChI is InChI=1S/C12H19F2N5O3/c1-8-11(19(21)22)10(12(13)14)16-18(8)7-9(20)15-5-4-6-17(2)3/h12H,4-7H2,1-3H3,(H,15,20). The van der Waals surface area contributed by atoms with E-state index in [2.05, 4.69) is 10.4 Å². The summed E-state index contributed by atoms with van der Waals surface area (Å²) in [5.74, 6) is -0.430. The molecule has 1 aromatic rings. The Morgan fingerprint density at radius 3 is 2.59 bits per heavy atom. The smallest absolute Gasteiger partial charge is 0.319 e. The monoisotopic (exact) mass is 319 g/mol. The minimum Gasteiger partial charge on any atom is -0.354 e. The third-order valence-electron chi connectivity index (χ3n) is 2.99. The summed E-state index contributed by atoms with van der Waals surface area (Å²) in [6.45, 7) is 2.18. The first-order chi connectivity index (χ1) is 10.2. The molecule has 0 fully saturated rings. The van der Waals surface area contributed by atoms with E-state index in [4.69, 9.17) is 0 Å². The quantitative estimate of drug-likeness (QED) is 0.440. The molecule has 0 aromatic carbocycles. The van der Waals surface area contributed by atoms with Crippen LogP contribution < -0.4 is 5.32 Å². The number of carbonyl (C=O) groups is 1. The van der Waals surface area contributed by atoms with Crippen LogP contribution in [0.15, 0.2) is 0 Å². The first-order valence-corrected chi connectivity index (χ1v) is 6.65. The van der Waals surface area contributed by atoms with Crippen molar-refractivity contribution >= 4 is 11.6 Å². The highest BCUT2D eigenvalue weighted by Gasteiger charge is 2.31. The van der Waals surface area contributed by atoms with Crippen LogP contribution in [0.3, 0.4) is 0 Å². The molecule has 1 heterocycles. The van der Waals surface area contributed by atoms with Crippen molar-refractivity contribution in [3.8, 4) is 0 Å². The number of hydrogen-bond acceptors (Lipinski definition) is 5. The van der Waals surface area contributed by atoms with Crippen LogP contribution in [0.25, 0.3) is 0 Å². The van der Waals surface area contributed by atoms with Crippen molar-refractivity contribution in [3.63, 3.8) is 0 Å². The van der Waals surface area contributed by atoms with Gasteiger partial charge in [-0.3, -0.25) is 19.6 Å². The van der Waals surface area contributed by atoms with E-state index in [1.54, 1.807) is 0 Å². The van der Waals surface area contributed by atoms with Crippen LogP contribution in [0.5, 0.6) is 0 Å². The van der Waals surface area contributed by atoms with Crippen LogP contribution in [0.1, 0.15) is 24.2 Å². The molecule has 1 amide bonds. The molecule has 1 aromatic heterocycles. The zero-order chi connectivity index (χ0) is 16.9. The van der Waals surface area contributed by atoms with E-state index < -0.39 is 28.6 Å². The minimum atomic E-state index is -3.07. The first-order valence-electron chi connectivity index (χ1n) is 6.65. The third-order valence-corrected chi connectivity index (χ3v) is 2.99. The van der Waals surface area contributed by atoms with Crippen molar-refractivity contribution in [1.82, 2.24) is 20.0 Å². The molecular weight excluding hydrogens is 300 g/mol. The Balaban J connectivity index is 2.71. The van der Waals surface area contributed by atoms with E-state index in [0.717, 1.165) is 17.6 Å². The lowest BCUT2D eigenvalue weighted by Crippen LogP contribution is -2.30. The van der Waals surface area contributed by atoms with E-state index in [9.17, 15) is 23.7 Å². The van der Waals surface area contributed by atoms with E-state index in [1.807, 2.05) is 19.0 Å². The Labute approximate surface area is 126 Å². The summed E-state index contributed by atoms with van der Waals surface area (Å²) in [7, 11) is 3.81. The topological polar surface area (TPSA) is 93.3 Å². The maximum absolute atomic E-state index is 12.8. The molecule has 0 aliphatic heterocycles. The van der Waals surface area contributed by atoms with Gasteiger partial charge in [-0.2, -0.15) is 5.10 Å². The van der Waals surface area contributed by atoms with Gasteiger partial charge < -0.3 is 10.2 Å². The minimum absolute atomic E-state index is 0.0660. The van der Waals surface area contributed by atoms with Crippen LogP contribution in [0.2, 0.25) is 0 Å². The Kier molecular flexibility index (Phi) is 6.35. The Bertz CT molecular complexity index is 545. The number of nitro groups is 1. The number of carbonyl (C=O) groups excluding carboxylic acids is 1. The number of nitrogens with one attached hydrogen (secondary N) is 1. The molecule has 1 N–H and O–H groups in total. The van der Waals surface area contributed by atoms with E-state index >= 15 is 0 Å². The van der Waals surface area contributed by atoms with Crippen LogP contribution in [0.4, 0.5) is 14.5 Å². The largest absolute Gasteiger partial charge is 0.354 e. The second-order valence-corrected chi connectivity index (χ2v) is 5.04. The first kappa shape index (κ1) is 18.0. The van der Waals surface area contributed by atoms with E-state index in [1.165, 1.54) is 6.92 Å². The van der Waals surface area contributed by atoms with Gasteiger partial charge in [0.15, 0.2) is 0 Å². The summed E-state index contributed by atoms with van der Waals surface area (Å²) in [6.07, 6.45) is -2.33. The van der Waals surface area contributed by atoms with Gasteiger partial charge >= 0.3 is 5.69 Å². The number of rotatable bonds is 8. The molecule has 1 rings (SSSR count). The number of alkyl halides is 2. The SMILES string of the molecule is Cc1c([N+](=O)[O-])c(C(F)F)nn1CC(=O)NCCCN(C)C. The highest BCUT2D eigenvalue weighted by Crippen LogP contribution is 2.30. The van der Waals surface area contributed by atoms with Crippen LogP contribution in [-0.4, -0.2) is 52.7 Å². The maximum Gasteiger partial charge on any atom is 0.319 e. The lowest BCUT2D eigenvalue weighted by atomic mass is 10.3. The predicted octanol–water partition coefficient (Wildman–Crippen LogP) is 1.11. The molecular formula is C12H19F2N5O3.